The standard InChI is InChI=1S/C13H24N2O2/c1-2-3-4-5-6-7-8-9-10-14-15-11-12-17-13(15)16/h10H,2-9,11-12H2,1H3. The highest BCUT2D eigenvalue weighted by Crippen LogP contribution is 2.08. The molecule has 1 saturated heterocycles. The van der Waals surface area contributed by atoms with Crippen LogP contribution in [0.2, 0.25) is 0 Å². The van der Waals surface area contributed by atoms with E-state index in [1.54, 1.807) is 0 Å². The maximum absolute atomic E-state index is 11.0. The van der Waals surface area contributed by atoms with Crippen LogP contribution in [0.3, 0.4) is 0 Å². The fourth-order valence-corrected chi connectivity index (χ4v) is 1.84. The summed E-state index contributed by atoms with van der Waals surface area (Å²) in [5, 5.41) is 5.48. The highest BCUT2D eigenvalue weighted by atomic mass is 16.6. The van der Waals surface area contributed by atoms with E-state index < -0.39 is 0 Å². The molecule has 0 aromatic carbocycles. The monoisotopic (exact) mass is 240 g/mol. The first-order valence-electron chi connectivity index (χ1n) is 6.81. The second kappa shape index (κ2) is 9.02. The van der Waals surface area contributed by atoms with E-state index in [1.165, 1.54) is 50.0 Å². The van der Waals surface area contributed by atoms with E-state index >= 15 is 0 Å². The number of unbranched alkanes of at least 4 members (excludes halogenated alkanes) is 7. The molecule has 0 spiro atoms. The Bertz CT molecular complexity index is 242. The zero-order valence-corrected chi connectivity index (χ0v) is 10.9. The number of carbonyl (C=O) groups is 1. The fourth-order valence-electron chi connectivity index (χ4n) is 1.84. The number of rotatable bonds is 9. The molecule has 98 valence electrons. The Kier molecular flexibility index (Phi) is 7.43. The maximum Gasteiger partial charge on any atom is 0.430 e. The zero-order chi connectivity index (χ0) is 12.3. The molecule has 1 fully saturated rings. The molecule has 0 aromatic rings. The van der Waals surface area contributed by atoms with Crippen molar-refractivity contribution in [2.75, 3.05) is 13.2 Å². The molecule has 0 bridgehead atoms. The molecule has 0 atom stereocenters. The first kappa shape index (κ1) is 14.0. The van der Waals surface area contributed by atoms with Gasteiger partial charge in [-0.25, -0.2) is 4.79 Å². The molecule has 4 heteroatoms. The molecule has 1 amide bonds. The largest absolute Gasteiger partial charge is 0.446 e. The van der Waals surface area contributed by atoms with Gasteiger partial charge >= 0.3 is 6.09 Å². The van der Waals surface area contributed by atoms with Crippen molar-refractivity contribution in [1.82, 2.24) is 5.01 Å². The van der Waals surface area contributed by atoms with Gasteiger partial charge in [0.2, 0.25) is 0 Å². The molecule has 0 N–H and O–H groups in total. The summed E-state index contributed by atoms with van der Waals surface area (Å²) in [5.74, 6) is 0. The molecular formula is C13H24N2O2. The lowest BCUT2D eigenvalue weighted by molar-refractivity contribution is 0.159. The molecular weight excluding hydrogens is 216 g/mol. The normalized spacial score (nSPS) is 15.8. The van der Waals surface area contributed by atoms with Gasteiger partial charge in [-0.3, -0.25) is 0 Å². The number of hydrogen-bond donors (Lipinski definition) is 0. The average Bonchev–Trinajstić information content (AvgIpc) is 2.73. The van der Waals surface area contributed by atoms with Gasteiger partial charge in [0, 0.05) is 6.21 Å². The second-order valence-electron chi connectivity index (χ2n) is 4.45. The maximum atomic E-state index is 11.0. The smallest absolute Gasteiger partial charge is 0.430 e. The predicted octanol–water partition coefficient (Wildman–Crippen LogP) is 3.57. The van der Waals surface area contributed by atoms with Crippen molar-refractivity contribution in [2.24, 2.45) is 5.10 Å². The summed E-state index contributed by atoms with van der Waals surface area (Å²) in [5.41, 5.74) is 0. The molecule has 1 heterocycles. The van der Waals surface area contributed by atoms with Gasteiger partial charge in [0.25, 0.3) is 0 Å². The van der Waals surface area contributed by atoms with Crippen molar-refractivity contribution < 1.29 is 9.53 Å². The highest BCUT2D eigenvalue weighted by molar-refractivity contribution is 5.70. The van der Waals surface area contributed by atoms with Crippen LogP contribution in [0.4, 0.5) is 4.79 Å². The third-order valence-electron chi connectivity index (χ3n) is 2.90. The van der Waals surface area contributed by atoms with Crippen LogP contribution in [-0.4, -0.2) is 30.5 Å². The first-order valence-corrected chi connectivity index (χ1v) is 6.81. The summed E-state index contributed by atoms with van der Waals surface area (Å²) in [6.07, 6.45) is 11.6. The molecule has 0 aliphatic carbocycles. The van der Waals surface area contributed by atoms with E-state index in [0.717, 1.165) is 6.42 Å². The third-order valence-corrected chi connectivity index (χ3v) is 2.90. The molecule has 17 heavy (non-hydrogen) atoms. The SMILES string of the molecule is CCCCCCCCCC=NN1CCOC1=O. The van der Waals surface area contributed by atoms with E-state index in [1.807, 2.05) is 6.21 Å². The summed E-state index contributed by atoms with van der Waals surface area (Å²) in [4.78, 5) is 11.0. The van der Waals surface area contributed by atoms with Crippen LogP contribution < -0.4 is 0 Å². The van der Waals surface area contributed by atoms with Crippen LogP contribution in [0.15, 0.2) is 5.10 Å². The van der Waals surface area contributed by atoms with Crippen LogP contribution in [0.5, 0.6) is 0 Å². The summed E-state index contributed by atoms with van der Waals surface area (Å²) in [7, 11) is 0. The quantitative estimate of drug-likeness (QED) is 0.456. The topological polar surface area (TPSA) is 41.9 Å². The molecule has 1 aliphatic heterocycles. The molecule has 0 unspecified atom stereocenters. The van der Waals surface area contributed by atoms with Crippen molar-refractivity contribution >= 4 is 12.3 Å². The summed E-state index contributed by atoms with van der Waals surface area (Å²) in [6, 6.07) is 0. The van der Waals surface area contributed by atoms with Crippen LogP contribution in [0, 0.1) is 0 Å². The fraction of sp³-hybridized carbons (Fsp3) is 0.846. The van der Waals surface area contributed by atoms with Crippen molar-refractivity contribution in [3.63, 3.8) is 0 Å². The molecule has 1 aliphatic rings. The number of ether oxygens (including phenoxy) is 1. The van der Waals surface area contributed by atoms with Crippen molar-refractivity contribution in [2.45, 2.75) is 58.3 Å². The van der Waals surface area contributed by atoms with E-state index in [9.17, 15) is 4.79 Å². The van der Waals surface area contributed by atoms with Crippen molar-refractivity contribution in [1.29, 1.82) is 0 Å². The molecule has 0 saturated carbocycles. The number of amides is 1. The Labute approximate surface area is 104 Å². The van der Waals surface area contributed by atoms with Gasteiger partial charge in [-0.1, -0.05) is 45.4 Å². The lowest BCUT2D eigenvalue weighted by Crippen LogP contribution is -2.17. The lowest BCUT2D eigenvalue weighted by atomic mass is 10.1. The molecule has 4 nitrogen and oxygen atoms in total. The predicted molar refractivity (Wildman–Crippen MR) is 69.2 cm³/mol. The van der Waals surface area contributed by atoms with Gasteiger partial charge in [-0.2, -0.15) is 10.1 Å². The molecule has 0 radical (unpaired) electrons. The zero-order valence-electron chi connectivity index (χ0n) is 10.9. The first-order chi connectivity index (χ1) is 8.34. The molecule has 0 aromatic heterocycles. The van der Waals surface area contributed by atoms with E-state index in [4.69, 9.17) is 4.74 Å². The number of carbonyl (C=O) groups excluding carboxylic acids is 1. The minimum absolute atomic E-state index is 0.319. The lowest BCUT2D eigenvalue weighted by Gasteiger charge is -2.03. The third kappa shape index (κ3) is 6.29. The number of hydrazone groups is 1. The van der Waals surface area contributed by atoms with Gasteiger partial charge in [0.1, 0.15) is 6.61 Å². The Morgan fingerprint density at radius 1 is 1.24 bits per heavy atom. The van der Waals surface area contributed by atoms with Gasteiger partial charge in [-0.05, 0) is 12.8 Å². The number of nitrogens with zero attached hydrogens (tertiary/aromatic N) is 2. The van der Waals surface area contributed by atoms with Gasteiger partial charge in [-0.15, -0.1) is 0 Å². The number of cyclic esters (lactones) is 1. The van der Waals surface area contributed by atoms with E-state index in [0.29, 0.717) is 13.2 Å². The van der Waals surface area contributed by atoms with E-state index in [-0.39, 0.29) is 6.09 Å². The van der Waals surface area contributed by atoms with Gasteiger partial charge < -0.3 is 4.74 Å². The highest BCUT2D eigenvalue weighted by Gasteiger charge is 2.20. The van der Waals surface area contributed by atoms with Crippen LogP contribution in [0.25, 0.3) is 0 Å². The summed E-state index contributed by atoms with van der Waals surface area (Å²) in [6.45, 7) is 3.29. The van der Waals surface area contributed by atoms with E-state index in [2.05, 4.69) is 12.0 Å². The Hall–Kier alpha value is -1.06. The Morgan fingerprint density at radius 3 is 2.59 bits per heavy atom. The minimum atomic E-state index is -0.319. The minimum Gasteiger partial charge on any atom is -0.446 e. The summed E-state index contributed by atoms with van der Waals surface area (Å²) < 4.78 is 4.77. The Morgan fingerprint density at radius 2 is 1.94 bits per heavy atom. The average molecular weight is 240 g/mol. The van der Waals surface area contributed by atoms with Gasteiger partial charge in [0.15, 0.2) is 0 Å². The molecule has 1 rings (SSSR count). The van der Waals surface area contributed by atoms with Crippen LogP contribution in [-0.2, 0) is 4.74 Å². The summed E-state index contributed by atoms with van der Waals surface area (Å²) >= 11 is 0. The van der Waals surface area contributed by atoms with Crippen molar-refractivity contribution in [3.8, 4) is 0 Å². The number of hydrogen-bond acceptors (Lipinski definition) is 3. The van der Waals surface area contributed by atoms with Crippen LogP contribution >= 0.6 is 0 Å². The van der Waals surface area contributed by atoms with Crippen LogP contribution in [0.1, 0.15) is 58.3 Å². The second-order valence-corrected chi connectivity index (χ2v) is 4.45. The van der Waals surface area contributed by atoms with Gasteiger partial charge in [0.05, 0.1) is 6.54 Å². The van der Waals surface area contributed by atoms with Crippen molar-refractivity contribution in [3.05, 3.63) is 0 Å². The Balaban J connectivity index is 1.90.